The summed E-state index contributed by atoms with van der Waals surface area (Å²) in [7, 11) is 0. The minimum Gasteiger partial charge on any atom is -0.480 e. The van der Waals surface area contributed by atoms with Gasteiger partial charge >= 0.3 is 0 Å². The zero-order valence-corrected chi connectivity index (χ0v) is 13.3. The van der Waals surface area contributed by atoms with Gasteiger partial charge in [-0.2, -0.15) is 4.98 Å². The summed E-state index contributed by atoms with van der Waals surface area (Å²) in [6, 6.07) is 9.73. The molecule has 8 heteroatoms. The monoisotopic (exact) mass is 339 g/mol. The van der Waals surface area contributed by atoms with Crippen LogP contribution in [0.15, 0.2) is 36.4 Å². The van der Waals surface area contributed by atoms with Gasteiger partial charge in [-0.25, -0.2) is 9.37 Å². The first-order valence-corrected chi connectivity index (χ1v) is 7.71. The van der Waals surface area contributed by atoms with Gasteiger partial charge in [0.25, 0.3) is 5.91 Å². The SMILES string of the molecule is Cc1cccc(-c2nc(NC(=O)[C@@H]3Cc4cc(F)ccc4O3)n[nH]2)n1. The summed E-state index contributed by atoms with van der Waals surface area (Å²) < 4.78 is 18.8. The fraction of sp³-hybridized carbons (Fsp3) is 0.176. The number of rotatable bonds is 3. The molecule has 0 fully saturated rings. The maximum absolute atomic E-state index is 13.2. The van der Waals surface area contributed by atoms with Gasteiger partial charge in [-0.1, -0.05) is 6.07 Å². The van der Waals surface area contributed by atoms with E-state index in [1.807, 2.05) is 19.1 Å². The Kier molecular flexibility index (Phi) is 3.64. The molecule has 126 valence electrons. The van der Waals surface area contributed by atoms with E-state index in [2.05, 4.69) is 25.5 Å². The van der Waals surface area contributed by atoms with Gasteiger partial charge in [-0.05, 0) is 37.3 Å². The molecule has 3 aromatic rings. The molecule has 0 spiro atoms. The van der Waals surface area contributed by atoms with Crippen molar-refractivity contribution in [3.05, 3.63) is 53.5 Å². The normalized spacial score (nSPS) is 15.5. The largest absolute Gasteiger partial charge is 0.480 e. The minimum atomic E-state index is -0.740. The van der Waals surface area contributed by atoms with Crippen LogP contribution in [0.1, 0.15) is 11.3 Å². The number of carbonyl (C=O) groups excluding carboxylic acids is 1. The summed E-state index contributed by atoms with van der Waals surface area (Å²) in [5.74, 6) is 0.360. The number of anilines is 1. The molecule has 0 aliphatic carbocycles. The number of benzene rings is 1. The van der Waals surface area contributed by atoms with Crippen molar-refractivity contribution in [1.29, 1.82) is 0 Å². The molecule has 1 aromatic carbocycles. The second-order valence-electron chi connectivity index (χ2n) is 5.72. The first kappa shape index (κ1) is 15.3. The van der Waals surface area contributed by atoms with Gasteiger partial charge in [0.2, 0.25) is 5.95 Å². The van der Waals surface area contributed by atoms with Gasteiger partial charge in [0.05, 0.1) is 0 Å². The number of halogens is 1. The Hall–Kier alpha value is -3.29. The average Bonchev–Trinajstić information content (AvgIpc) is 3.21. The number of hydrogen-bond acceptors (Lipinski definition) is 5. The molecule has 0 bridgehead atoms. The molecule has 2 N–H and O–H groups in total. The summed E-state index contributed by atoms with van der Waals surface area (Å²) >= 11 is 0. The summed E-state index contributed by atoms with van der Waals surface area (Å²) in [6.45, 7) is 1.88. The van der Waals surface area contributed by atoms with E-state index in [0.29, 0.717) is 29.3 Å². The van der Waals surface area contributed by atoms with E-state index in [0.717, 1.165) is 5.69 Å². The minimum absolute atomic E-state index is 0.133. The Morgan fingerprint density at radius 1 is 1.32 bits per heavy atom. The van der Waals surface area contributed by atoms with Crippen LogP contribution in [0.5, 0.6) is 5.75 Å². The maximum Gasteiger partial charge on any atom is 0.268 e. The van der Waals surface area contributed by atoms with Crippen molar-refractivity contribution < 1.29 is 13.9 Å². The molecule has 4 rings (SSSR count). The van der Waals surface area contributed by atoms with E-state index in [1.54, 1.807) is 6.07 Å². The van der Waals surface area contributed by atoms with Crippen LogP contribution in [0.4, 0.5) is 10.3 Å². The van der Waals surface area contributed by atoms with Crippen LogP contribution in [0.3, 0.4) is 0 Å². The van der Waals surface area contributed by atoms with Gasteiger partial charge < -0.3 is 4.74 Å². The number of nitrogens with one attached hydrogen (secondary N) is 2. The van der Waals surface area contributed by atoms with E-state index in [-0.39, 0.29) is 17.7 Å². The Labute approximate surface area is 142 Å². The van der Waals surface area contributed by atoms with Crippen molar-refractivity contribution in [1.82, 2.24) is 20.2 Å². The third kappa shape index (κ3) is 3.06. The molecule has 3 heterocycles. The standard InChI is InChI=1S/C17H14FN5O2/c1-9-3-2-4-12(19-9)15-20-17(23-22-15)21-16(24)14-8-10-7-11(18)5-6-13(10)25-14/h2-7,14H,8H2,1H3,(H2,20,21,22,23,24)/t14-/m0/s1. The van der Waals surface area contributed by atoms with Crippen molar-refractivity contribution >= 4 is 11.9 Å². The molecule has 1 amide bonds. The molecule has 1 atom stereocenters. The zero-order valence-electron chi connectivity index (χ0n) is 13.3. The first-order chi connectivity index (χ1) is 12.1. The predicted octanol–water partition coefficient (Wildman–Crippen LogP) is 2.26. The highest BCUT2D eigenvalue weighted by molar-refractivity contribution is 5.93. The Bertz CT molecular complexity index is 956. The lowest BCUT2D eigenvalue weighted by atomic mass is 10.1. The summed E-state index contributed by atoms with van der Waals surface area (Å²) in [5.41, 5.74) is 2.15. The van der Waals surface area contributed by atoms with Gasteiger partial charge in [0, 0.05) is 17.7 Å². The molecule has 0 radical (unpaired) electrons. The lowest BCUT2D eigenvalue weighted by Crippen LogP contribution is -2.31. The Morgan fingerprint density at radius 3 is 3.04 bits per heavy atom. The number of nitrogens with zero attached hydrogens (tertiary/aromatic N) is 3. The topological polar surface area (TPSA) is 92.8 Å². The number of carbonyl (C=O) groups is 1. The number of aryl methyl sites for hydroxylation is 1. The van der Waals surface area contributed by atoms with Gasteiger partial charge in [0.15, 0.2) is 11.9 Å². The molecule has 0 saturated carbocycles. The number of hydrogen-bond donors (Lipinski definition) is 2. The maximum atomic E-state index is 13.2. The second kappa shape index (κ2) is 5.97. The molecular formula is C17H14FN5O2. The third-order valence-electron chi connectivity index (χ3n) is 3.84. The van der Waals surface area contributed by atoms with Gasteiger partial charge in [-0.15, -0.1) is 5.10 Å². The quantitative estimate of drug-likeness (QED) is 0.763. The molecule has 25 heavy (non-hydrogen) atoms. The Balaban J connectivity index is 1.46. The predicted molar refractivity (Wildman–Crippen MR) is 87.5 cm³/mol. The zero-order chi connectivity index (χ0) is 17.4. The molecular weight excluding hydrogens is 325 g/mol. The Morgan fingerprint density at radius 2 is 2.20 bits per heavy atom. The molecule has 2 aromatic heterocycles. The number of aromatic amines is 1. The van der Waals surface area contributed by atoms with Crippen LogP contribution < -0.4 is 10.1 Å². The number of fused-ring (bicyclic) bond motifs is 1. The highest BCUT2D eigenvalue weighted by Gasteiger charge is 2.30. The molecule has 1 aliphatic heterocycles. The molecule has 0 unspecified atom stereocenters. The smallest absolute Gasteiger partial charge is 0.268 e. The number of H-pyrrole nitrogens is 1. The fourth-order valence-corrected chi connectivity index (χ4v) is 2.66. The van der Waals surface area contributed by atoms with E-state index in [4.69, 9.17) is 4.74 Å². The lowest BCUT2D eigenvalue weighted by Gasteiger charge is -2.08. The van der Waals surface area contributed by atoms with E-state index >= 15 is 0 Å². The van der Waals surface area contributed by atoms with Crippen LogP contribution in [-0.4, -0.2) is 32.2 Å². The van der Waals surface area contributed by atoms with Crippen LogP contribution >= 0.6 is 0 Å². The fourth-order valence-electron chi connectivity index (χ4n) is 2.66. The van der Waals surface area contributed by atoms with Crippen molar-refractivity contribution in [2.75, 3.05) is 5.32 Å². The van der Waals surface area contributed by atoms with Crippen LogP contribution in [0.2, 0.25) is 0 Å². The lowest BCUT2D eigenvalue weighted by molar-refractivity contribution is -0.122. The number of amides is 1. The first-order valence-electron chi connectivity index (χ1n) is 7.71. The molecule has 7 nitrogen and oxygen atoms in total. The summed E-state index contributed by atoms with van der Waals surface area (Å²) in [4.78, 5) is 20.9. The van der Waals surface area contributed by atoms with Crippen molar-refractivity contribution in [3.8, 4) is 17.3 Å². The highest BCUT2D eigenvalue weighted by Crippen LogP contribution is 2.29. The summed E-state index contributed by atoms with van der Waals surface area (Å²) in [5, 5.41) is 9.31. The van der Waals surface area contributed by atoms with Crippen LogP contribution in [0.25, 0.3) is 11.5 Å². The molecule has 0 saturated heterocycles. The van der Waals surface area contributed by atoms with Crippen LogP contribution in [0, 0.1) is 12.7 Å². The van der Waals surface area contributed by atoms with Crippen molar-refractivity contribution in [2.45, 2.75) is 19.4 Å². The molecule has 1 aliphatic rings. The second-order valence-corrected chi connectivity index (χ2v) is 5.72. The number of ether oxygens (including phenoxy) is 1. The van der Waals surface area contributed by atoms with Crippen molar-refractivity contribution in [2.24, 2.45) is 0 Å². The van der Waals surface area contributed by atoms with Gasteiger partial charge in [-0.3, -0.25) is 15.2 Å². The summed E-state index contributed by atoms with van der Waals surface area (Å²) in [6.07, 6.45) is -0.439. The highest BCUT2D eigenvalue weighted by atomic mass is 19.1. The van der Waals surface area contributed by atoms with E-state index in [9.17, 15) is 9.18 Å². The van der Waals surface area contributed by atoms with E-state index in [1.165, 1.54) is 18.2 Å². The van der Waals surface area contributed by atoms with E-state index < -0.39 is 6.10 Å². The third-order valence-corrected chi connectivity index (χ3v) is 3.84. The van der Waals surface area contributed by atoms with Gasteiger partial charge in [0.1, 0.15) is 17.3 Å². The number of pyridine rings is 1. The average molecular weight is 339 g/mol. The van der Waals surface area contributed by atoms with Crippen LogP contribution in [-0.2, 0) is 11.2 Å². The number of aromatic nitrogens is 4. The van der Waals surface area contributed by atoms with Crippen molar-refractivity contribution in [3.63, 3.8) is 0 Å².